The van der Waals surface area contributed by atoms with Gasteiger partial charge in [-0.1, -0.05) is 36.4 Å². The van der Waals surface area contributed by atoms with Crippen LogP contribution in [0.4, 0.5) is 4.79 Å². The summed E-state index contributed by atoms with van der Waals surface area (Å²) in [5.41, 5.74) is 1.54. The first-order valence-electron chi connectivity index (χ1n) is 8.32. The maximum atomic E-state index is 11.5. The zero-order valence-electron chi connectivity index (χ0n) is 15.3. The van der Waals surface area contributed by atoms with Crippen LogP contribution in [0.5, 0.6) is 0 Å². The van der Waals surface area contributed by atoms with Gasteiger partial charge in [-0.15, -0.1) is 0 Å². The van der Waals surface area contributed by atoms with Gasteiger partial charge in [0.1, 0.15) is 5.60 Å². The normalized spacial score (nSPS) is 11.9. The van der Waals surface area contributed by atoms with E-state index in [1.54, 1.807) is 0 Å². The highest BCUT2D eigenvalue weighted by Crippen LogP contribution is 2.19. The Balaban J connectivity index is 2.50. The third kappa shape index (κ3) is 8.13. The Labute approximate surface area is 145 Å². The van der Waals surface area contributed by atoms with Crippen LogP contribution in [0.3, 0.4) is 0 Å². The van der Waals surface area contributed by atoms with Crippen LogP contribution >= 0.6 is 0 Å². The number of hydrogen-bond acceptors (Lipinski definition) is 4. The van der Waals surface area contributed by atoms with Crippen molar-refractivity contribution in [3.8, 4) is 0 Å². The highest BCUT2D eigenvalue weighted by atomic mass is 16.7. The number of ether oxygens (including phenoxy) is 3. The predicted molar refractivity (Wildman–Crippen MR) is 95.7 cm³/mol. The third-order valence-electron chi connectivity index (χ3n) is 2.92. The smallest absolute Gasteiger partial charge is 0.407 e. The molecule has 5 heteroatoms. The number of carbonyl (C=O) groups excluding carboxylic acids is 1. The third-order valence-corrected chi connectivity index (χ3v) is 2.92. The van der Waals surface area contributed by atoms with Crippen molar-refractivity contribution in [2.75, 3.05) is 19.8 Å². The number of benzene rings is 1. The van der Waals surface area contributed by atoms with Gasteiger partial charge in [0.25, 0.3) is 0 Å². The fourth-order valence-corrected chi connectivity index (χ4v) is 1.96. The van der Waals surface area contributed by atoms with E-state index in [0.717, 1.165) is 11.1 Å². The fraction of sp³-hybridized carbons (Fsp3) is 0.526. The quantitative estimate of drug-likeness (QED) is 0.720. The van der Waals surface area contributed by atoms with Gasteiger partial charge >= 0.3 is 6.09 Å². The van der Waals surface area contributed by atoms with Gasteiger partial charge in [0.05, 0.1) is 0 Å². The molecule has 134 valence electrons. The number of alkyl carbamates (subject to hydrolysis) is 1. The Kier molecular flexibility index (Phi) is 8.50. The summed E-state index contributed by atoms with van der Waals surface area (Å²) in [6.07, 6.45) is 3.07. The Morgan fingerprint density at radius 2 is 1.71 bits per heavy atom. The van der Waals surface area contributed by atoms with Crippen LogP contribution in [0.25, 0.3) is 6.08 Å². The standard InChI is InChI=1S/C19H29NO4/c1-6-22-17(23-7-2)16-12-10-15(11-13-16)9-8-14-20-18(21)24-19(3,4)5/h8-13,17H,6-7,14H2,1-5H3,(H,20,21). The molecule has 0 radical (unpaired) electrons. The maximum Gasteiger partial charge on any atom is 0.407 e. The van der Waals surface area contributed by atoms with Crippen molar-refractivity contribution in [1.82, 2.24) is 5.32 Å². The SMILES string of the molecule is CCOC(OCC)c1ccc(C=CCNC(=O)OC(C)(C)C)cc1. The lowest BCUT2D eigenvalue weighted by Crippen LogP contribution is -2.32. The van der Waals surface area contributed by atoms with Crippen LogP contribution in [0.1, 0.15) is 52.0 Å². The first-order valence-corrected chi connectivity index (χ1v) is 8.32. The highest BCUT2D eigenvalue weighted by Gasteiger charge is 2.15. The Morgan fingerprint density at radius 3 is 2.21 bits per heavy atom. The lowest BCUT2D eigenvalue weighted by Gasteiger charge is -2.19. The van der Waals surface area contributed by atoms with Gasteiger partial charge in [-0.2, -0.15) is 0 Å². The van der Waals surface area contributed by atoms with Crippen molar-refractivity contribution in [2.24, 2.45) is 0 Å². The van der Waals surface area contributed by atoms with Gasteiger partial charge in [0, 0.05) is 25.3 Å². The summed E-state index contributed by atoms with van der Waals surface area (Å²) < 4.78 is 16.3. The van der Waals surface area contributed by atoms with Gasteiger partial charge in [-0.05, 0) is 40.2 Å². The number of amides is 1. The zero-order chi connectivity index (χ0) is 18.0. The van der Waals surface area contributed by atoms with Crippen LogP contribution in [-0.2, 0) is 14.2 Å². The number of rotatable bonds is 8. The topological polar surface area (TPSA) is 56.8 Å². The average Bonchev–Trinajstić information content (AvgIpc) is 2.50. The molecule has 1 rings (SSSR count). The Hall–Kier alpha value is -1.85. The molecule has 0 saturated carbocycles. The van der Waals surface area contributed by atoms with Gasteiger partial charge in [0.2, 0.25) is 0 Å². The van der Waals surface area contributed by atoms with Gasteiger partial charge < -0.3 is 19.5 Å². The van der Waals surface area contributed by atoms with Crippen LogP contribution < -0.4 is 5.32 Å². The van der Waals surface area contributed by atoms with Crippen LogP contribution in [0.15, 0.2) is 30.3 Å². The molecule has 0 atom stereocenters. The van der Waals surface area contributed by atoms with E-state index in [9.17, 15) is 4.79 Å². The summed E-state index contributed by atoms with van der Waals surface area (Å²) in [4.78, 5) is 11.5. The maximum absolute atomic E-state index is 11.5. The van der Waals surface area contributed by atoms with E-state index < -0.39 is 11.7 Å². The molecule has 0 saturated heterocycles. The minimum absolute atomic E-state index is 0.327. The average molecular weight is 335 g/mol. The number of hydrogen-bond donors (Lipinski definition) is 1. The molecule has 1 N–H and O–H groups in total. The van der Waals surface area contributed by atoms with Crippen molar-refractivity contribution in [3.63, 3.8) is 0 Å². The summed E-state index contributed by atoms with van der Waals surface area (Å²) in [6.45, 7) is 11.0. The largest absolute Gasteiger partial charge is 0.444 e. The molecule has 0 unspecified atom stereocenters. The zero-order valence-corrected chi connectivity index (χ0v) is 15.3. The van der Waals surface area contributed by atoms with E-state index >= 15 is 0 Å². The molecule has 0 bridgehead atoms. The van der Waals surface area contributed by atoms with Crippen molar-refractivity contribution in [3.05, 3.63) is 41.5 Å². The second kappa shape index (κ2) is 10.1. The second-order valence-corrected chi connectivity index (χ2v) is 6.19. The minimum Gasteiger partial charge on any atom is -0.444 e. The van der Waals surface area contributed by atoms with E-state index in [-0.39, 0.29) is 6.29 Å². The lowest BCUT2D eigenvalue weighted by atomic mass is 10.1. The van der Waals surface area contributed by atoms with Crippen molar-refractivity contribution in [1.29, 1.82) is 0 Å². The molecule has 0 spiro atoms. The molecule has 0 aromatic heterocycles. The molecule has 5 nitrogen and oxygen atoms in total. The van der Waals surface area contributed by atoms with E-state index in [1.165, 1.54) is 0 Å². The van der Waals surface area contributed by atoms with E-state index in [1.807, 2.05) is 71.0 Å². The second-order valence-electron chi connectivity index (χ2n) is 6.19. The molecule has 0 aliphatic rings. The molecule has 1 aromatic rings. The Bertz CT molecular complexity index is 511. The van der Waals surface area contributed by atoms with Gasteiger partial charge in [-0.3, -0.25) is 0 Å². The van der Waals surface area contributed by atoms with E-state index in [0.29, 0.717) is 19.8 Å². The molecule has 1 aromatic carbocycles. The van der Waals surface area contributed by atoms with E-state index in [4.69, 9.17) is 14.2 Å². The summed E-state index contributed by atoms with van der Waals surface area (Å²) in [7, 11) is 0. The first kappa shape index (κ1) is 20.2. The molecule has 0 heterocycles. The highest BCUT2D eigenvalue weighted by molar-refractivity contribution is 5.68. The summed E-state index contributed by atoms with van der Waals surface area (Å²) in [5.74, 6) is 0. The van der Waals surface area contributed by atoms with E-state index in [2.05, 4.69) is 5.32 Å². The predicted octanol–water partition coefficient (Wildman–Crippen LogP) is 4.30. The summed E-state index contributed by atoms with van der Waals surface area (Å²) in [5, 5.41) is 2.68. The van der Waals surface area contributed by atoms with Crippen LogP contribution in [0.2, 0.25) is 0 Å². The molecular weight excluding hydrogens is 306 g/mol. The van der Waals surface area contributed by atoms with Gasteiger partial charge in [-0.25, -0.2) is 4.79 Å². The summed E-state index contributed by atoms with van der Waals surface area (Å²) >= 11 is 0. The van der Waals surface area contributed by atoms with Crippen molar-refractivity contribution in [2.45, 2.75) is 46.5 Å². The Morgan fingerprint density at radius 1 is 1.12 bits per heavy atom. The van der Waals surface area contributed by atoms with Gasteiger partial charge in [0.15, 0.2) is 6.29 Å². The summed E-state index contributed by atoms with van der Waals surface area (Å²) in [6, 6.07) is 7.95. The number of carbonyl (C=O) groups is 1. The lowest BCUT2D eigenvalue weighted by molar-refractivity contribution is -0.140. The first-order chi connectivity index (χ1) is 11.4. The van der Waals surface area contributed by atoms with Crippen molar-refractivity contribution < 1.29 is 19.0 Å². The minimum atomic E-state index is -0.485. The fourth-order valence-electron chi connectivity index (χ4n) is 1.96. The molecule has 24 heavy (non-hydrogen) atoms. The number of nitrogens with one attached hydrogen (secondary N) is 1. The molecule has 0 aliphatic heterocycles. The molecule has 1 amide bonds. The molecule has 0 fully saturated rings. The van der Waals surface area contributed by atoms with Crippen LogP contribution in [0, 0.1) is 0 Å². The molecular formula is C19H29NO4. The van der Waals surface area contributed by atoms with Crippen molar-refractivity contribution >= 4 is 12.2 Å². The molecule has 0 aliphatic carbocycles. The van der Waals surface area contributed by atoms with Crippen LogP contribution in [-0.4, -0.2) is 31.5 Å². The monoisotopic (exact) mass is 335 g/mol.